The van der Waals surface area contributed by atoms with E-state index in [1.54, 1.807) is 7.11 Å². The molecule has 2 heteroatoms. The van der Waals surface area contributed by atoms with Gasteiger partial charge in [0.25, 0.3) is 0 Å². The molecular weight excluding hydrogens is 198 g/mol. The third-order valence-electron chi connectivity index (χ3n) is 2.74. The molecule has 2 aromatic carbocycles. The molecule has 0 aromatic heterocycles. The molecule has 0 aliphatic carbocycles. The van der Waals surface area contributed by atoms with Crippen LogP contribution in [0.15, 0.2) is 36.4 Å². The molecule has 0 spiro atoms. The van der Waals surface area contributed by atoms with Crippen LogP contribution in [0.4, 0.5) is 5.69 Å². The van der Waals surface area contributed by atoms with Gasteiger partial charge in [0.15, 0.2) is 0 Å². The first-order valence-corrected chi connectivity index (χ1v) is 5.41. The van der Waals surface area contributed by atoms with Crippen molar-refractivity contribution in [2.24, 2.45) is 0 Å². The Hall–Kier alpha value is -1.54. The van der Waals surface area contributed by atoms with Gasteiger partial charge in [-0.15, -0.1) is 0 Å². The summed E-state index contributed by atoms with van der Waals surface area (Å²) in [6.07, 6.45) is 0. The third kappa shape index (κ3) is 2.17. The van der Waals surface area contributed by atoms with Gasteiger partial charge in [0.2, 0.25) is 0 Å². The summed E-state index contributed by atoms with van der Waals surface area (Å²) < 4.78 is 5.12. The Kier molecular flexibility index (Phi) is 3.11. The molecule has 0 saturated carbocycles. The summed E-state index contributed by atoms with van der Waals surface area (Å²) in [6, 6.07) is 13.0. The van der Waals surface area contributed by atoms with Crippen LogP contribution in [0.5, 0.6) is 0 Å². The lowest BCUT2D eigenvalue weighted by molar-refractivity contribution is 0.202. The van der Waals surface area contributed by atoms with E-state index in [-0.39, 0.29) is 0 Å². The number of nitrogens with zero attached hydrogens (tertiary/aromatic N) is 1. The maximum absolute atomic E-state index is 5.12. The average Bonchev–Trinajstić information content (AvgIpc) is 2.28. The van der Waals surface area contributed by atoms with Crippen LogP contribution in [-0.2, 0) is 4.74 Å². The minimum absolute atomic E-state index is 0.609. The fourth-order valence-electron chi connectivity index (χ4n) is 1.86. The lowest BCUT2D eigenvalue weighted by Gasteiger charge is -2.18. The summed E-state index contributed by atoms with van der Waals surface area (Å²) in [7, 11) is 3.74. The summed E-state index contributed by atoms with van der Waals surface area (Å²) in [6.45, 7) is 2.72. The van der Waals surface area contributed by atoms with E-state index >= 15 is 0 Å². The van der Waals surface area contributed by atoms with Crippen LogP contribution in [-0.4, -0.2) is 20.9 Å². The largest absolute Gasteiger partial charge is 0.364 e. The maximum atomic E-state index is 5.12. The molecule has 16 heavy (non-hydrogen) atoms. The van der Waals surface area contributed by atoms with Crippen LogP contribution < -0.4 is 4.90 Å². The summed E-state index contributed by atoms with van der Waals surface area (Å²) in [4.78, 5) is 2.08. The molecule has 2 aromatic rings. The molecule has 0 amide bonds. The highest BCUT2D eigenvalue weighted by atomic mass is 16.5. The van der Waals surface area contributed by atoms with Crippen LogP contribution in [0.1, 0.15) is 5.56 Å². The highest BCUT2D eigenvalue weighted by molar-refractivity contribution is 5.86. The number of benzene rings is 2. The normalized spacial score (nSPS) is 10.7. The van der Waals surface area contributed by atoms with Crippen LogP contribution in [0.25, 0.3) is 10.8 Å². The summed E-state index contributed by atoms with van der Waals surface area (Å²) in [5.41, 5.74) is 2.48. The number of methoxy groups -OCH3 is 1. The molecule has 0 radical (unpaired) electrons. The third-order valence-corrected chi connectivity index (χ3v) is 2.74. The Morgan fingerprint density at radius 1 is 1.06 bits per heavy atom. The van der Waals surface area contributed by atoms with Gasteiger partial charge in [-0.3, -0.25) is 0 Å². The molecule has 84 valence electrons. The highest BCUT2D eigenvalue weighted by Crippen LogP contribution is 2.22. The SMILES string of the molecule is COCN(C)c1ccc2cc(C)ccc2c1. The Morgan fingerprint density at radius 2 is 1.75 bits per heavy atom. The second kappa shape index (κ2) is 4.54. The standard InChI is InChI=1S/C14H17NO/c1-11-4-5-13-9-14(15(2)10-16-3)7-6-12(13)8-11/h4-9H,10H2,1-3H3. The number of hydrogen-bond acceptors (Lipinski definition) is 2. The Balaban J connectivity index is 2.40. The fraction of sp³-hybridized carbons (Fsp3) is 0.286. The van der Waals surface area contributed by atoms with Crippen molar-refractivity contribution in [2.75, 3.05) is 25.8 Å². The second-order valence-electron chi connectivity index (χ2n) is 4.15. The first kappa shape index (κ1) is 11.0. The molecule has 0 bridgehead atoms. The van der Waals surface area contributed by atoms with E-state index in [0.717, 1.165) is 0 Å². The van der Waals surface area contributed by atoms with E-state index < -0.39 is 0 Å². The van der Waals surface area contributed by atoms with Crippen molar-refractivity contribution in [3.8, 4) is 0 Å². The van der Waals surface area contributed by atoms with E-state index in [2.05, 4.69) is 48.2 Å². The maximum Gasteiger partial charge on any atom is 0.118 e. The van der Waals surface area contributed by atoms with E-state index in [4.69, 9.17) is 4.74 Å². The van der Waals surface area contributed by atoms with Gasteiger partial charge in [0.05, 0.1) is 0 Å². The molecule has 0 atom stereocenters. The lowest BCUT2D eigenvalue weighted by atomic mass is 10.1. The number of anilines is 1. The van der Waals surface area contributed by atoms with Gasteiger partial charge in [0.1, 0.15) is 6.73 Å². The van der Waals surface area contributed by atoms with Gasteiger partial charge in [-0.25, -0.2) is 0 Å². The lowest BCUT2D eigenvalue weighted by Crippen LogP contribution is -2.19. The Labute approximate surface area is 96.4 Å². The van der Waals surface area contributed by atoms with Gasteiger partial charge in [-0.1, -0.05) is 29.8 Å². The van der Waals surface area contributed by atoms with Gasteiger partial charge in [-0.2, -0.15) is 0 Å². The van der Waals surface area contributed by atoms with Crippen LogP contribution in [0.3, 0.4) is 0 Å². The summed E-state index contributed by atoms with van der Waals surface area (Å²) in [5.74, 6) is 0. The molecule has 0 aliphatic heterocycles. The van der Waals surface area contributed by atoms with Crippen molar-refractivity contribution < 1.29 is 4.74 Å². The van der Waals surface area contributed by atoms with E-state index in [0.29, 0.717) is 6.73 Å². The van der Waals surface area contributed by atoms with Crippen LogP contribution in [0, 0.1) is 6.92 Å². The highest BCUT2D eigenvalue weighted by Gasteiger charge is 2.01. The zero-order chi connectivity index (χ0) is 11.5. The molecule has 2 rings (SSSR count). The van der Waals surface area contributed by atoms with Crippen molar-refractivity contribution in [1.29, 1.82) is 0 Å². The van der Waals surface area contributed by atoms with Crippen LogP contribution >= 0.6 is 0 Å². The zero-order valence-corrected chi connectivity index (χ0v) is 10.0. The van der Waals surface area contributed by atoms with E-state index in [9.17, 15) is 0 Å². The van der Waals surface area contributed by atoms with Gasteiger partial charge < -0.3 is 9.64 Å². The molecule has 0 fully saturated rings. The number of fused-ring (bicyclic) bond motifs is 1. The Morgan fingerprint density at radius 3 is 2.50 bits per heavy atom. The number of hydrogen-bond donors (Lipinski definition) is 0. The number of rotatable bonds is 3. The molecule has 0 N–H and O–H groups in total. The van der Waals surface area contributed by atoms with Crippen molar-refractivity contribution >= 4 is 16.5 Å². The monoisotopic (exact) mass is 215 g/mol. The first-order chi connectivity index (χ1) is 7.70. The van der Waals surface area contributed by atoms with E-state index in [1.807, 2.05) is 7.05 Å². The topological polar surface area (TPSA) is 12.5 Å². The zero-order valence-electron chi connectivity index (χ0n) is 10.0. The minimum atomic E-state index is 0.609. The molecule has 0 saturated heterocycles. The fourth-order valence-corrected chi connectivity index (χ4v) is 1.86. The summed E-state index contributed by atoms with van der Waals surface area (Å²) >= 11 is 0. The van der Waals surface area contributed by atoms with Gasteiger partial charge >= 0.3 is 0 Å². The van der Waals surface area contributed by atoms with Crippen LogP contribution in [0.2, 0.25) is 0 Å². The predicted molar refractivity (Wildman–Crippen MR) is 69.0 cm³/mol. The Bertz CT molecular complexity index is 493. The smallest absolute Gasteiger partial charge is 0.118 e. The molecule has 0 aliphatic rings. The first-order valence-electron chi connectivity index (χ1n) is 5.41. The van der Waals surface area contributed by atoms with Crippen molar-refractivity contribution in [3.05, 3.63) is 42.0 Å². The minimum Gasteiger partial charge on any atom is -0.364 e. The molecule has 0 unspecified atom stereocenters. The second-order valence-corrected chi connectivity index (χ2v) is 4.15. The number of ether oxygens (including phenoxy) is 1. The van der Waals surface area contributed by atoms with E-state index in [1.165, 1.54) is 22.0 Å². The number of aryl methyl sites for hydroxylation is 1. The summed E-state index contributed by atoms with van der Waals surface area (Å²) in [5, 5.41) is 2.56. The quantitative estimate of drug-likeness (QED) is 0.729. The van der Waals surface area contributed by atoms with Crippen molar-refractivity contribution in [1.82, 2.24) is 0 Å². The average molecular weight is 215 g/mol. The predicted octanol–water partition coefficient (Wildman–Crippen LogP) is 3.19. The van der Waals surface area contributed by atoms with Crippen molar-refractivity contribution in [2.45, 2.75) is 6.92 Å². The molecule has 0 heterocycles. The molecule has 2 nitrogen and oxygen atoms in total. The van der Waals surface area contributed by atoms with Gasteiger partial charge in [0, 0.05) is 19.8 Å². The van der Waals surface area contributed by atoms with Gasteiger partial charge in [-0.05, 0) is 29.8 Å². The molecular formula is C14H17NO. The van der Waals surface area contributed by atoms with Crippen molar-refractivity contribution in [3.63, 3.8) is 0 Å².